The van der Waals surface area contributed by atoms with Gasteiger partial charge in [-0.3, -0.25) is 10.1 Å². The molecule has 0 aliphatic heterocycles. The van der Waals surface area contributed by atoms with E-state index in [2.05, 4.69) is 0 Å². The number of hydrogen-bond acceptors (Lipinski definition) is 2. The minimum atomic E-state index is -2.29. The molecule has 0 heterocycles. The fourth-order valence-corrected chi connectivity index (χ4v) is 1.72. The second-order valence-corrected chi connectivity index (χ2v) is 3.69. The highest BCUT2D eigenvalue weighted by molar-refractivity contribution is 5.36. The summed E-state index contributed by atoms with van der Waals surface area (Å²) in [5.74, 6) is -0.683. The number of benzene rings is 1. The Morgan fingerprint density at radius 1 is 1.33 bits per heavy atom. The highest BCUT2D eigenvalue weighted by Gasteiger charge is 2.44. The van der Waals surface area contributed by atoms with Crippen LogP contribution in [0.25, 0.3) is 0 Å². The van der Waals surface area contributed by atoms with Crippen LogP contribution in [0.2, 0.25) is 0 Å². The van der Waals surface area contributed by atoms with Crippen LogP contribution in [0, 0.1) is 16.0 Å². The first kappa shape index (κ1) is 10.0. The molecule has 0 amide bonds. The van der Waals surface area contributed by atoms with E-state index in [1.54, 1.807) is 12.1 Å². The number of nitrogens with zero attached hydrogens (tertiary/aromatic N) is 1. The van der Waals surface area contributed by atoms with Crippen molar-refractivity contribution in [3.05, 3.63) is 39.9 Å². The van der Waals surface area contributed by atoms with Crippen molar-refractivity contribution in [2.75, 3.05) is 0 Å². The molecule has 0 saturated heterocycles. The van der Waals surface area contributed by atoms with Crippen molar-refractivity contribution >= 4 is 5.69 Å². The molecule has 1 aliphatic rings. The van der Waals surface area contributed by atoms with Gasteiger partial charge in [-0.1, -0.05) is 12.1 Å². The summed E-state index contributed by atoms with van der Waals surface area (Å²) in [6, 6.07) is 5.84. The molecule has 1 saturated carbocycles. The predicted octanol–water partition coefficient (Wildman–Crippen LogP) is 2.96. The first-order valence-corrected chi connectivity index (χ1v) is 4.62. The standard InChI is InChI=1S/C10H9F2NO2/c11-10(12)9-5-8(9)6-1-3-7(4-2-6)13(14)15/h1-4,8-10H,5H2. The lowest BCUT2D eigenvalue weighted by atomic mass is 10.1. The second kappa shape index (κ2) is 3.56. The van der Waals surface area contributed by atoms with Crippen LogP contribution in [0.5, 0.6) is 0 Å². The molecule has 1 aromatic carbocycles. The monoisotopic (exact) mass is 213 g/mol. The van der Waals surface area contributed by atoms with E-state index < -0.39 is 17.3 Å². The number of halogens is 2. The van der Waals surface area contributed by atoms with Gasteiger partial charge in [0.15, 0.2) is 0 Å². The first-order valence-electron chi connectivity index (χ1n) is 4.62. The Labute approximate surface area is 84.9 Å². The SMILES string of the molecule is O=[N+]([O-])c1ccc(C2CC2C(F)F)cc1. The largest absolute Gasteiger partial charge is 0.269 e. The van der Waals surface area contributed by atoms with Crippen molar-refractivity contribution in [3.63, 3.8) is 0 Å². The van der Waals surface area contributed by atoms with E-state index in [0.29, 0.717) is 6.42 Å². The summed E-state index contributed by atoms with van der Waals surface area (Å²) in [5.41, 5.74) is 0.763. The maximum Gasteiger partial charge on any atom is 0.269 e. The normalized spacial score (nSPS) is 24.2. The van der Waals surface area contributed by atoms with Crippen molar-refractivity contribution in [1.29, 1.82) is 0 Å². The van der Waals surface area contributed by atoms with Crippen LogP contribution in [0.4, 0.5) is 14.5 Å². The zero-order valence-corrected chi connectivity index (χ0v) is 7.77. The second-order valence-electron chi connectivity index (χ2n) is 3.69. The zero-order chi connectivity index (χ0) is 11.0. The number of alkyl halides is 2. The Balaban J connectivity index is 2.09. The maximum absolute atomic E-state index is 12.3. The smallest absolute Gasteiger partial charge is 0.258 e. The molecule has 2 unspecified atom stereocenters. The Hall–Kier alpha value is -1.52. The van der Waals surface area contributed by atoms with Gasteiger partial charge in [0.05, 0.1) is 4.92 Å². The molecule has 0 spiro atoms. The molecule has 1 fully saturated rings. The van der Waals surface area contributed by atoms with E-state index in [0.717, 1.165) is 5.56 Å². The highest BCUT2D eigenvalue weighted by atomic mass is 19.3. The van der Waals surface area contributed by atoms with Gasteiger partial charge < -0.3 is 0 Å². The summed E-state index contributed by atoms with van der Waals surface area (Å²) in [5, 5.41) is 10.4. The van der Waals surface area contributed by atoms with Gasteiger partial charge in [-0.25, -0.2) is 8.78 Å². The Morgan fingerprint density at radius 3 is 2.33 bits per heavy atom. The van der Waals surface area contributed by atoms with Crippen LogP contribution in [-0.4, -0.2) is 11.3 Å². The van der Waals surface area contributed by atoms with Crippen molar-refractivity contribution < 1.29 is 13.7 Å². The van der Waals surface area contributed by atoms with Crippen LogP contribution in [-0.2, 0) is 0 Å². The van der Waals surface area contributed by atoms with E-state index in [1.807, 2.05) is 0 Å². The molecule has 3 nitrogen and oxygen atoms in total. The number of nitro benzene ring substituents is 1. The van der Waals surface area contributed by atoms with E-state index in [4.69, 9.17) is 0 Å². The first-order chi connectivity index (χ1) is 7.09. The van der Waals surface area contributed by atoms with Crippen molar-refractivity contribution in [2.45, 2.75) is 18.8 Å². The number of nitro groups is 1. The third kappa shape index (κ3) is 1.95. The van der Waals surface area contributed by atoms with Gasteiger partial charge in [-0.2, -0.15) is 0 Å². The summed E-state index contributed by atoms with van der Waals surface area (Å²) < 4.78 is 24.5. The molecule has 2 atom stereocenters. The van der Waals surface area contributed by atoms with Gasteiger partial charge in [-0.15, -0.1) is 0 Å². The van der Waals surface area contributed by atoms with Gasteiger partial charge in [0.1, 0.15) is 0 Å². The molecule has 15 heavy (non-hydrogen) atoms. The maximum atomic E-state index is 12.3. The molecule has 80 valence electrons. The lowest BCUT2D eigenvalue weighted by Gasteiger charge is -1.99. The van der Waals surface area contributed by atoms with Crippen LogP contribution < -0.4 is 0 Å². The summed E-state index contributed by atoms with van der Waals surface area (Å²) in [7, 11) is 0. The third-order valence-electron chi connectivity index (χ3n) is 2.70. The van der Waals surface area contributed by atoms with Crippen molar-refractivity contribution in [3.8, 4) is 0 Å². The van der Waals surface area contributed by atoms with E-state index in [-0.39, 0.29) is 11.6 Å². The molecule has 1 aromatic rings. The fraction of sp³-hybridized carbons (Fsp3) is 0.400. The minimum absolute atomic E-state index is 0.00648. The van der Waals surface area contributed by atoms with E-state index in [9.17, 15) is 18.9 Å². The molecule has 0 radical (unpaired) electrons. The molecule has 5 heteroatoms. The van der Waals surface area contributed by atoms with Crippen molar-refractivity contribution in [2.24, 2.45) is 5.92 Å². The minimum Gasteiger partial charge on any atom is -0.258 e. The lowest BCUT2D eigenvalue weighted by molar-refractivity contribution is -0.384. The Morgan fingerprint density at radius 2 is 1.93 bits per heavy atom. The number of hydrogen-bond donors (Lipinski definition) is 0. The Kier molecular flexibility index (Phi) is 2.38. The summed E-state index contributed by atoms with van der Waals surface area (Å²) in [6.45, 7) is 0. The molecule has 0 N–H and O–H groups in total. The summed E-state index contributed by atoms with van der Waals surface area (Å²) in [4.78, 5) is 9.86. The molecular weight excluding hydrogens is 204 g/mol. The van der Waals surface area contributed by atoms with E-state index in [1.165, 1.54) is 12.1 Å². The van der Waals surface area contributed by atoms with Crippen LogP contribution >= 0.6 is 0 Å². The third-order valence-corrected chi connectivity index (χ3v) is 2.70. The zero-order valence-electron chi connectivity index (χ0n) is 7.77. The average molecular weight is 213 g/mol. The van der Waals surface area contributed by atoms with Gasteiger partial charge in [-0.05, 0) is 17.9 Å². The van der Waals surface area contributed by atoms with Gasteiger partial charge in [0.25, 0.3) is 5.69 Å². The van der Waals surface area contributed by atoms with Crippen LogP contribution in [0.15, 0.2) is 24.3 Å². The predicted molar refractivity (Wildman–Crippen MR) is 49.9 cm³/mol. The van der Waals surface area contributed by atoms with E-state index >= 15 is 0 Å². The van der Waals surface area contributed by atoms with Crippen LogP contribution in [0.3, 0.4) is 0 Å². The Bertz CT molecular complexity index is 378. The van der Waals surface area contributed by atoms with Crippen molar-refractivity contribution in [1.82, 2.24) is 0 Å². The van der Waals surface area contributed by atoms with Gasteiger partial charge >= 0.3 is 0 Å². The lowest BCUT2D eigenvalue weighted by Crippen LogP contribution is -1.95. The quantitative estimate of drug-likeness (QED) is 0.572. The van der Waals surface area contributed by atoms with Gasteiger partial charge in [0, 0.05) is 18.1 Å². The molecule has 0 aromatic heterocycles. The molecule has 0 bridgehead atoms. The summed E-state index contributed by atoms with van der Waals surface area (Å²) in [6.07, 6.45) is -1.81. The average Bonchev–Trinajstić information content (AvgIpc) is 2.97. The fourth-order valence-electron chi connectivity index (χ4n) is 1.72. The molecule has 2 rings (SSSR count). The highest BCUT2D eigenvalue weighted by Crippen LogP contribution is 2.50. The van der Waals surface area contributed by atoms with Crippen LogP contribution in [0.1, 0.15) is 17.9 Å². The number of rotatable bonds is 3. The van der Waals surface area contributed by atoms with Gasteiger partial charge in [0.2, 0.25) is 6.43 Å². The topological polar surface area (TPSA) is 43.1 Å². The molecule has 1 aliphatic carbocycles. The number of non-ortho nitro benzene ring substituents is 1. The molecular formula is C10H9F2NO2. The summed E-state index contributed by atoms with van der Waals surface area (Å²) >= 11 is 0.